The van der Waals surface area contributed by atoms with Crippen molar-refractivity contribution in [3.05, 3.63) is 12.2 Å². The molecule has 3 rings (SSSR count). The van der Waals surface area contributed by atoms with Crippen LogP contribution in [0.1, 0.15) is 38.9 Å². The van der Waals surface area contributed by atoms with Gasteiger partial charge in [-0.3, -0.25) is 9.89 Å². The molecule has 2 aliphatic rings. The fourth-order valence-electron chi connectivity index (χ4n) is 3.50. The summed E-state index contributed by atoms with van der Waals surface area (Å²) < 4.78 is 2.09. The Bertz CT molecular complexity index is 534. The third-order valence-corrected chi connectivity index (χ3v) is 4.86. The lowest BCUT2D eigenvalue weighted by Gasteiger charge is -2.20. The SMILES string of the molecule is CCc1nncn1CCNC(=NC)NC1CC(C)N(C2CC2)C1. The second kappa shape index (κ2) is 7.29. The van der Waals surface area contributed by atoms with E-state index in [4.69, 9.17) is 0 Å². The highest BCUT2D eigenvalue weighted by Gasteiger charge is 2.38. The molecule has 2 fully saturated rings. The number of aromatic nitrogens is 3. The summed E-state index contributed by atoms with van der Waals surface area (Å²) in [6.07, 6.45) is 6.65. The molecular formula is C16H29N7. The van der Waals surface area contributed by atoms with Gasteiger partial charge in [0, 0.05) is 51.2 Å². The van der Waals surface area contributed by atoms with Crippen molar-refractivity contribution < 1.29 is 0 Å². The minimum Gasteiger partial charge on any atom is -0.355 e. The Morgan fingerprint density at radius 1 is 1.43 bits per heavy atom. The third-order valence-electron chi connectivity index (χ3n) is 4.86. The van der Waals surface area contributed by atoms with E-state index in [1.165, 1.54) is 19.3 Å². The number of nitrogens with one attached hydrogen (secondary N) is 2. The summed E-state index contributed by atoms with van der Waals surface area (Å²) >= 11 is 0. The summed E-state index contributed by atoms with van der Waals surface area (Å²) in [5.41, 5.74) is 0. The van der Waals surface area contributed by atoms with Gasteiger partial charge in [0.15, 0.2) is 5.96 Å². The van der Waals surface area contributed by atoms with Crippen LogP contribution in [0.5, 0.6) is 0 Å². The Morgan fingerprint density at radius 3 is 2.96 bits per heavy atom. The average molecular weight is 319 g/mol. The van der Waals surface area contributed by atoms with Crippen LogP contribution in [0.15, 0.2) is 11.3 Å². The second-order valence-electron chi connectivity index (χ2n) is 6.65. The molecule has 128 valence electrons. The second-order valence-corrected chi connectivity index (χ2v) is 6.65. The first kappa shape index (κ1) is 16.2. The first-order valence-electron chi connectivity index (χ1n) is 8.80. The molecule has 0 amide bonds. The third kappa shape index (κ3) is 4.02. The van der Waals surface area contributed by atoms with Crippen LogP contribution in [0, 0.1) is 0 Å². The summed E-state index contributed by atoms with van der Waals surface area (Å²) in [6.45, 7) is 7.25. The van der Waals surface area contributed by atoms with E-state index in [-0.39, 0.29) is 0 Å². The molecule has 2 atom stereocenters. The predicted molar refractivity (Wildman–Crippen MR) is 91.5 cm³/mol. The molecule has 1 aliphatic carbocycles. The fraction of sp³-hybridized carbons (Fsp3) is 0.812. The fourth-order valence-corrected chi connectivity index (χ4v) is 3.50. The van der Waals surface area contributed by atoms with E-state index in [0.29, 0.717) is 12.1 Å². The van der Waals surface area contributed by atoms with Gasteiger partial charge in [-0.05, 0) is 26.2 Å². The van der Waals surface area contributed by atoms with Crippen LogP contribution in [0.3, 0.4) is 0 Å². The maximum absolute atomic E-state index is 4.36. The van der Waals surface area contributed by atoms with Gasteiger partial charge in [-0.2, -0.15) is 0 Å². The van der Waals surface area contributed by atoms with Gasteiger partial charge in [-0.25, -0.2) is 0 Å². The van der Waals surface area contributed by atoms with E-state index in [9.17, 15) is 0 Å². The zero-order valence-electron chi connectivity index (χ0n) is 14.5. The number of aliphatic imine (C=N–C) groups is 1. The van der Waals surface area contributed by atoms with Crippen LogP contribution >= 0.6 is 0 Å². The Balaban J connectivity index is 1.43. The van der Waals surface area contributed by atoms with Gasteiger partial charge in [0.2, 0.25) is 0 Å². The van der Waals surface area contributed by atoms with Gasteiger partial charge < -0.3 is 15.2 Å². The summed E-state index contributed by atoms with van der Waals surface area (Å²) in [7, 11) is 1.84. The lowest BCUT2D eigenvalue weighted by Crippen LogP contribution is -2.45. The van der Waals surface area contributed by atoms with E-state index in [1.54, 1.807) is 6.33 Å². The molecule has 0 radical (unpaired) electrons. The minimum absolute atomic E-state index is 0.498. The lowest BCUT2D eigenvalue weighted by atomic mass is 10.2. The smallest absolute Gasteiger partial charge is 0.191 e. The maximum atomic E-state index is 4.36. The standard InChI is InChI=1S/C16H29N7/c1-4-15-21-19-11-22(15)8-7-18-16(17-3)20-13-9-12(2)23(10-13)14-5-6-14/h11-14H,4-10H2,1-3H3,(H2,17,18,20). The van der Waals surface area contributed by atoms with Gasteiger partial charge in [-0.15, -0.1) is 10.2 Å². The molecule has 0 bridgehead atoms. The number of hydrogen-bond acceptors (Lipinski definition) is 4. The number of guanidine groups is 1. The summed E-state index contributed by atoms with van der Waals surface area (Å²) in [5.74, 6) is 1.92. The largest absolute Gasteiger partial charge is 0.355 e. The molecule has 2 N–H and O–H groups in total. The minimum atomic E-state index is 0.498. The molecule has 23 heavy (non-hydrogen) atoms. The van der Waals surface area contributed by atoms with Crippen molar-refractivity contribution in [1.29, 1.82) is 0 Å². The predicted octanol–water partition coefficient (Wildman–Crippen LogP) is 0.631. The van der Waals surface area contributed by atoms with Crippen molar-refractivity contribution >= 4 is 5.96 Å². The molecular weight excluding hydrogens is 290 g/mol. The molecule has 7 nitrogen and oxygen atoms in total. The highest BCUT2D eigenvalue weighted by molar-refractivity contribution is 5.80. The van der Waals surface area contributed by atoms with E-state index in [1.807, 2.05) is 7.05 Å². The van der Waals surface area contributed by atoms with E-state index < -0.39 is 0 Å². The first-order valence-corrected chi connectivity index (χ1v) is 8.80. The number of aryl methyl sites for hydroxylation is 1. The summed E-state index contributed by atoms with van der Waals surface area (Å²) in [6, 6.07) is 2.02. The number of rotatable bonds is 6. The Morgan fingerprint density at radius 2 is 2.26 bits per heavy atom. The molecule has 1 aromatic rings. The van der Waals surface area contributed by atoms with Crippen LogP contribution < -0.4 is 10.6 Å². The molecule has 0 spiro atoms. The quantitative estimate of drug-likeness (QED) is 0.594. The summed E-state index contributed by atoms with van der Waals surface area (Å²) in [5, 5.41) is 15.1. The van der Waals surface area contributed by atoms with E-state index in [0.717, 1.165) is 43.9 Å². The Kier molecular flexibility index (Phi) is 5.15. The van der Waals surface area contributed by atoms with Crippen molar-refractivity contribution in [3.63, 3.8) is 0 Å². The molecule has 7 heteroatoms. The first-order chi connectivity index (χ1) is 11.2. The van der Waals surface area contributed by atoms with Gasteiger partial charge in [0.05, 0.1) is 0 Å². The van der Waals surface area contributed by atoms with Crippen LogP contribution in [-0.2, 0) is 13.0 Å². The number of hydrogen-bond donors (Lipinski definition) is 2. The molecule has 1 saturated carbocycles. The highest BCUT2D eigenvalue weighted by atomic mass is 15.3. The van der Waals surface area contributed by atoms with Crippen molar-refractivity contribution in [1.82, 2.24) is 30.3 Å². The van der Waals surface area contributed by atoms with Crippen LogP contribution in [0.2, 0.25) is 0 Å². The van der Waals surface area contributed by atoms with Gasteiger partial charge in [-0.1, -0.05) is 6.92 Å². The topological polar surface area (TPSA) is 70.4 Å². The number of nitrogens with zero attached hydrogens (tertiary/aromatic N) is 5. The molecule has 2 heterocycles. The summed E-state index contributed by atoms with van der Waals surface area (Å²) in [4.78, 5) is 7.01. The number of likely N-dealkylation sites (tertiary alicyclic amines) is 1. The van der Waals surface area contributed by atoms with E-state index in [2.05, 4.69) is 49.1 Å². The molecule has 0 aromatic carbocycles. The highest BCUT2D eigenvalue weighted by Crippen LogP contribution is 2.33. The van der Waals surface area contributed by atoms with Gasteiger partial charge in [0.25, 0.3) is 0 Å². The molecule has 1 aromatic heterocycles. The van der Waals surface area contributed by atoms with Gasteiger partial charge in [0.1, 0.15) is 12.2 Å². The van der Waals surface area contributed by atoms with Gasteiger partial charge >= 0.3 is 0 Å². The Labute approximate surface area is 138 Å². The zero-order valence-corrected chi connectivity index (χ0v) is 14.5. The van der Waals surface area contributed by atoms with Crippen molar-refractivity contribution in [2.75, 3.05) is 20.1 Å². The monoisotopic (exact) mass is 319 g/mol. The maximum Gasteiger partial charge on any atom is 0.191 e. The van der Waals surface area contributed by atoms with Crippen LogP contribution in [0.4, 0.5) is 0 Å². The molecule has 1 aliphatic heterocycles. The van der Waals surface area contributed by atoms with Crippen molar-refractivity contribution in [2.24, 2.45) is 4.99 Å². The lowest BCUT2D eigenvalue weighted by molar-refractivity contribution is 0.256. The van der Waals surface area contributed by atoms with Crippen LogP contribution in [0.25, 0.3) is 0 Å². The molecule has 1 saturated heterocycles. The normalized spacial score (nSPS) is 25.8. The molecule has 2 unspecified atom stereocenters. The zero-order chi connectivity index (χ0) is 16.2. The van der Waals surface area contributed by atoms with E-state index >= 15 is 0 Å². The van der Waals surface area contributed by atoms with Crippen molar-refractivity contribution in [2.45, 2.75) is 64.2 Å². The average Bonchev–Trinajstić information content (AvgIpc) is 3.18. The van der Waals surface area contributed by atoms with Crippen molar-refractivity contribution in [3.8, 4) is 0 Å². The van der Waals surface area contributed by atoms with Crippen LogP contribution in [-0.4, -0.2) is 63.9 Å². The Hall–Kier alpha value is -1.63.